The average Bonchev–Trinajstić information content (AvgIpc) is 2.35. The first-order valence-corrected chi connectivity index (χ1v) is 6.10. The number of amides is 1. The maximum Gasteiger partial charge on any atom is 0.224 e. The number of rotatable bonds is 6. The van der Waals surface area contributed by atoms with Crippen molar-refractivity contribution in [3.63, 3.8) is 0 Å². The fraction of sp³-hybridized carbons (Fsp3) is 0.429. The third kappa shape index (κ3) is 4.39. The fourth-order valence-corrected chi connectivity index (χ4v) is 1.54. The summed E-state index contributed by atoms with van der Waals surface area (Å²) in [6.07, 6.45) is 2.90. The van der Waals surface area contributed by atoms with E-state index in [-0.39, 0.29) is 11.7 Å². The van der Waals surface area contributed by atoms with Crippen LogP contribution < -0.4 is 5.32 Å². The summed E-state index contributed by atoms with van der Waals surface area (Å²) < 4.78 is 0. The quantitative estimate of drug-likeness (QED) is 0.765. The van der Waals surface area contributed by atoms with E-state index in [1.54, 1.807) is 24.3 Å². The van der Waals surface area contributed by atoms with Crippen molar-refractivity contribution in [2.45, 2.75) is 39.5 Å². The number of benzene rings is 1. The third-order valence-electron chi connectivity index (χ3n) is 2.55. The highest BCUT2D eigenvalue weighted by atomic mass is 16.1. The first kappa shape index (κ1) is 13.4. The highest BCUT2D eigenvalue weighted by molar-refractivity contribution is 5.98. The normalized spacial score (nSPS) is 10.0. The maximum atomic E-state index is 11.5. The summed E-state index contributed by atoms with van der Waals surface area (Å²) in [5.74, 6) is 0.0996. The van der Waals surface area contributed by atoms with Gasteiger partial charge in [-0.25, -0.2) is 0 Å². The Hall–Kier alpha value is -1.64. The second-order valence-electron chi connectivity index (χ2n) is 4.01. The lowest BCUT2D eigenvalue weighted by Gasteiger charge is -2.06. The average molecular weight is 233 g/mol. The number of carbonyl (C=O) groups is 2. The van der Waals surface area contributed by atoms with E-state index < -0.39 is 0 Å². The second-order valence-corrected chi connectivity index (χ2v) is 4.01. The summed E-state index contributed by atoms with van der Waals surface area (Å²) in [5.41, 5.74) is 1.35. The Labute approximate surface area is 102 Å². The van der Waals surface area contributed by atoms with Crippen LogP contribution in [0.15, 0.2) is 24.3 Å². The van der Waals surface area contributed by atoms with Crippen molar-refractivity contribution < 1.29 is 9.59 Å². The van der Waals surface area contributed by atoms with Crippen LogP contribution in [0.5, 0.6) is 0 Å². The van der Waals surface area contributed by atoms with Gasteiger partial charge in [-0.3, -0.25) is 9.59 Å². The SMILES string of the molecule is CCCCC(=O)Nc1cccc(C(=O)CC)c1. The molecule has 0 aliphatic carbocycles. The van der Waals surface area contributed by atoms with Crippen molar-refractivity contribution >= 4 is 17.4 Å². The van der Waals surface area contributed by atoms with Gasteiger partial charge in [0.05, 0.1) is 0 Å². The number of anilines is 1. The van der Waals surface area contributed by atoms with Crippen molar-refractivity contribution in [2.75, 3.05) is 5.32 Å². The zero-order valence-electron chi connectivity index (χ0n) is 10.5. The van der Waals surface area contributed by atoms with Crippen molar-refractivity contribution in [2.24, 2.45) is 0 Å². The molecular weight excluding hydrogens is 214 g/mol. The van der Waals surface area contributed by atoms with Crippen molar-refractivity contribution in [3.05, 3.63) is 29.8 Å². The number of ketones is 1. The molecule has 3 heteroatoms. The van der Waals surface area contributed by atoms with Gasteiger partial charge in [-0.2, -0.15) is 0 Å². The topological polar surface area (TPSA) is 46.2 Å². The van der Waals surface area contributed by atoms with Gasteiger partial charge in [0.15, 0.2) is 5.78 Å². The molecule has 1 rings (SSSR count). The van der Waals surface area contributed by atoms with Crippen LogP contribution >= 0.6 is 0 Å². The monoisotopic (exact) mass is 233 g/mol. The van der Waals surface area contributed by atoms with Gasteiger partial charge in [0.2, 0.25) is 5.91 Å². The van der Waals surface area contributed by atoms with Crippen LogP contribution in [0.4, 0.5) is 5.69 Å². The van der Waals surface area contributed by atoms with Crippen LogP contribution in [0.2, 0.25) is 0 Å². The standard InChI is InChI=1S/C14H19NO2/c1-3-5-9-14(17)15-12-8-6-7-11(10-12)13(16)4-2/h6-8,10H,3-5,9H2,1-2H3,(H,15,17). The van der Waals surface area contributed by atoms with E-state index in [0.29, 0.717) is 24.1 Å². The lowest BCUT2D eigenvalue weighted by atomic mass is 10.1. The summed E-state index contributed by atoms with van der Waals surface area (Å²) in [7, 11) is 0. The van der Waals surface area contributed by atoms with E-state index >= 15 is 0 Å². The van der Waals surface area contributed by atoms with Gasteiger partial charge in [-0.05, 0) is 18.6 Å². The molecule has 1 N–H and O–H groups in total. The molecule has 0 atom stereocenters. The molecule has 17 heavy (non-hydrogen) atoms. The second kappa shape index (κ2) is 6.84. The van der Waals surface area contributed by atoms with E-state index in [2.05, 4.69) is 5.32 Å². The van der Waals surface area contributed by atoms with Crippen LogP contribution in [-0.2, 0) is 4.79 Å². The van der Waals surface area contributed by atoms with Crippen LogP contribution in [-0.4, -0.2) is 11.7 Å². The molecule has 0 fully saturated rings. The summed E-state index contributed by atoms with van der Waals surface area (Å²) in [6, 6.07) is 7.10. The zero-order chi connectivity index (χ0) is 12.7. The molecule has 0 bridgehead atoms. The Morgan fingerprint density at radius 1 is 1.24 bits per heavy atom. The molecule has 3 nitrogen and oxygen atoms in total. The van der Waals surface area contributed by atoms with Gasteiger partial charge in [0.25, 0.3) is 0 Å². The Morgan fingerprint density at radius 2 is 2.00 bits per heavy atom. The lowest BCUT2D eigenvalue weighted by Crippen LogP contribution is -2.11. The summed E-state index contributed by atoms with van der Waals surface area (Å²) in [6.45, 7) is 3.88. The van der Waals surface area contributed by atoms with E-state index in [1.807, 2.05) is 13.8 Å². The number of carbonyl (C=O) groups excluding carboxylic acids is 2. The van der Waals surface area contributed by atoms with Crippen LogP contribution in [0.25, 0.3) is 0 Å². The predicted molar refractivity (Wildman–Crippen MR) is 69.2 cm³/mol. The van der Waals surface area contributed by atoms with E-state index in [4.69, 9.17) is 0 Å². The molecule has 0 radical (unpaired) electrons. The Morgan fingerprint density at radius 3 is 2.65 bits per heavy atom. The minimum absolute atomic E-state index is 0.00736. The number of unbranched alkanes of at least 4 members (excludes halogenated alkanes) is 1. The molecule has 0 saturated carbocycles. The molecule has 0 aromatic heterocycles. The maximum absolute atomic E-state index is 11.5. The molecule has 1 amide bonds. The Bertz CT molecular complexity index is 399. The third-order valence-corrected chi connectivity index (χ3v) is 2.55. The largest absolute Gasteiger partial charge is 0.326 e. The molecule has 1 aromatic carbocycles. The predicted octanol–water partition coefficient (Wildman–Crippen LogP) is 3.41. The zero-order valence-corrected chi connectivity index (χ0v) is 10.5. The van der Waals surface area contributed by atoms with Gasteiger partial charge in [-0.15, -0.1) is 0 Å². The van der Waals surface area contributed by atoms with E-state index in [1.165, 1.54) is 0 Å². The van der Waals surface area contributed by atoms with Gasteiger partial charge in [0.1, 0.15) is 0 Å². The summed E-state index contributed by atoms with van der Waals surface area (Å²) >= 11 is 0. The highest BCUT2D eigenvalue weighted by Crippen LogP contribution is 2.13. The Kier molecular flexibility index (Phi) is 5.40. The molecule has 0 heterocycles. The minimum atomic E-state index is 0.00736. The molecule has 0 saturated heterocycles. The van der Waals surface area contributed by atoms with Gasteiger partial charge < -0.3 is 5.32 Å². The van der Waals surface area contributed by atoms with Gasteiger partial charge in [0, 0.05) is 24.1 Å². The molecule has 1 aromatic rings. The molecule has 0 unspecified atom stereocenters. The summed E-state index contributed by atoms with van der Waals surface area (Å²) in [5, 5.41) is 2.80. The van der Waals surface area contributed by atoms with E-state index in [0.717, 1.165) is 12.8 Å². The summed E-state index contributed by atoms with van der Waals surface area (Å²) in [4.78, 5) is 23.0. The highest BCUT2D eigenvalue weighted by Gasteiger charge is 2.05. The molecular formula is C14H19NO2. The number of hydrogen-bond donors (Lipinski definition) is 1. The molecule has 0 aliphatic heterocycles. The van der Waals surface area contributed by atoms with Crippen molar-refractivity contribution in [3.8, 4) is 0 Å². The Balaban J connectivity index is 2.65. The fourth-order valence-electron chi connectivity index (χ4n) is 1.54. The van der Waals surface area contributed by atoms with Crippen LogP contribution in [0.3, 0.4) is 0 Å². The van der Waals surface area contributed by atoms with Gasteiger partial charge in [-0.1, -0.05) is 32.4 Å². The van der Waals surface area contributed by atoms with Crippen molar-refractivity contribution in [1.82, 2.24) is 0 Å². The van der Waals surface area contributed by atoms with Crippen LogP contribution in [0, 0.1) is 0 Å². The lowest BCUT2D eigenvalue weighted by molar-refractivity contribution is -0.116. The minimum Gasteiger partial charge on any atom is -0.326 e. The first-order valence-electron chi connectivity index (χ1n) is 6.10. The molecule has 0 spiro atoms. The van der Waals surface area contributed by atoms with Crippen LogP contribution in [0.1, 0.15) is 49.9 Å². The smallest absolute Gasteiger partial charge is 0.224 e. The first-order chi connectivity index (χ1) is 8.17. The number of hydrogen-bond acceptors (Lipinski definition) is 2. The van der Waals surface area contributed by atoms with Crippen molar-refractivity contribution in [1.29, 1.82) is 0 Å². The number of nitrogens with one attached hydrogen (secondary N) is 1. The molecule has 0 aliphatic rings. The molecule has 92 valence electrons. The number of Topliss-reactive ketones (excluding diaryl/α,β-unsaturated/α-hetero) is 1. The van der Waals surface area contributed by atoms with Gasteiger partial charge >= 0.3 is 0 Å². The van der Waals surface area contributed by atoms with E-state index in [9.17, 15) is 9.59 Å².